The van der Waals surface area contributed by atoms with Crippen molar-refractivity contribution >= 4 is 47.4 Å². The van der Waals surface area contributed by atoms with E-state index in [1.54, 1.807) is 0 Å². The van der Waals surface area contributed by atoms with E-state index in [0.717, 1.165) is 16.8 Å². The molecule has 1 radical (unpaired) electrons. The summed E-state index contributed by atoms with van der Waals surface area (Å²) in [5, 5.41) is 21.6. The largest absolute Gasteiger partial charge is 0.492 e. The number of aromatic nitrogens is 2. The van der Waals surface area contributed by atoms with Gasteiger partial charge in [0.05, 0.1) is 22.0 Å². The number of benzene rings is 2. The van der Waals surface area contributed by atoms with Crippen molar-refractivity contribution < 1.29 is 44.0 Å². The quantitative estimate of drug-likeness (QED) is 0.263. The van der Waals surface area contributed by atoms with Crippen molar-refractivity contribution in [2.75, 3.05) is 0 Å². The van der Waals surface area contributed by atoms with Crippen molar-refractivity contribution in [3.8, 4) is 11.6 Å². The molecular formula is C16H14N5O10S3. The van der Waals surface area contributed by atoms with E-state index in [1.807, 2.05) is 0 Å². The number of nitrogens with one attached hydrogen (secondary N) is 1. The molecule has 18 heteroatoms. The van der Waals surface area contributed by atoms with Crippen LogP contribution in [-0.2, 0) is 30.4 Å². The average Bonchev–Trinajstić information content (AvgIpc) is 2.98. The smallest absolute Gasteiger partial charge is 0.296 e. The Morgan fingerprint density at radius 2 is 1.41 bits per heavy atom. The predicted molar refractivity (Wildman–Crippen MR) is 113 cm³/mol. The Balaban J connectivity index is 2.12. The number of rotatable bonds is 6. The number of aromatic hydroxyl groups is 1. The summed E-state index contributed by atoms with van der Waals surface area (Å²) in [7, 11) is -14.4. The Morgan fingerprint density at radius 3 is 1.91 bits per heavy atom. The molecule has 0 spiro atoms. The topological polar surface area (TPSA) is 250 Å². The molecular weight excluding hydrogens is 518 g/mol. The first-order chi connectivity index (χ1) is 15.5. The highest BCUT2D eigenvalue weighted by Crippen LogP contribution is 2.37. The molecule has 15 nitrogen and oxygen atoms in total. The van der Waals surface area contributed by atoms with Crippen molar-refractivity contribution in [3.05, 3.63) is 42.1 Å². The summed E-state index contributed by atoms with van der Waals surface area (Å²) in [4.78, 5) is -2.41. The van der Waals surface area contributed by atoms with Crippen LogP contribution >= 0.6 is 0 Å². The van der Waals surface area contributed by atoms with Gasteiger partial charge in [0.1, 0.15) is 15.5 Å². The third kappa shape index (κ3) is 5.05. The van der Waals surface area contributed by atoms with Crippen molar-refractivity contribution in [3.63, 3.8) is 0 Å². The van der Waals surface area contributed by atoms with Crippen molar-refractivity contribution in [2.24, 2.45) is 10.2 Å². The molecule has 3 aromatic rings. The molecule has 0 saturated carbocycles. The van der Waals surface area contributed by atoms with E-state index in [4.69, 9.17) is 10.3 Å². The van der Waals surface area contributed by atoms with Gasteiger partial charge in [-0.15, -0.1) is 10.2 Å². The third-order valence-electron chi connectivity index (χ3n) is 4.26. The fourth-order valence-corrected chi connectivity index (χ4v) is 4.42. The minimum absolute atomic E-state index is 0.0422. The molecule has 181 valence electrons. The van der Waals surface area contributed by atoms with Crippen LogP contribution in [0.4, 0.5) is 17.1 Å². The number of aryl methyl sites for hydroxylation is 1. The Hall–Kier alpha value is -3.42. The Morgan fingerprint density at radius 1 is 0.853 bits per heavy atom. The number of hydrogen-bond donors (Lipinski definition) is 4. The van der Waals surface area contributed by atoms with Crippen LogP contribution in [0, 0.1) is 6.92 Å². The molecule has 3 rings (SSSR count). The summed E-state index contributed by atoms with van der Waals surface area (Å²) < 4.78 is 97.0. The summed E-state index contributed by atoms with van der Waals surface area (Å²) in [6.07, 6.45) is 0. The highest BCUT2D eigenvalue weighted by molar-refractivity contribution is 7.86. The lowest BCUT2D eigenvalue weighted by Gasteiger charge is -2.07. The molecule has 1 aromatic heterocycles. The van der Waals surface area contributed by atoms with Gasteiger partial charge in [-0.3, -0.25) is 19.4 Å². The zero-order valence-corrected chi connectivity index (χ0v) is 19.2. The zero-order valence-electron chi connectivity index (χ0n) is 16.7. The van der Waals surface area contributed by atoms with Gasteiger partial charge in [-0.2, -0.15) is 35.0 Å². The van der Waals surface area contributed by atoms with Crippen LogP contribution in [0.2, 0.25) is 0 Å². The second-order valence-electron chi connectivity index (χ2n) is 6.60. The molecule has 0 aliphatic rings. The molecule has 0 saturated heterocycles. The maximum absolute atomic E-state index is 11.6. The van der Waals surface area contributed by atoms with E-state index in [2.05, 4.69) is 15.3 Å². The van der Waals surface area contributed by atoms with Crippen LogP contribution in [0.5, 0.6) is 5.88 Å². The minimum Gasteiger partial charge on any atom is -0.492 e. The molecule has 1 heterocycles. The third-order valence-corrected chi connectivity index (χ3v) is 6.90. The van der Waals surface area contributed by atoms with Gasteiger partial charge in [-0.25, -0.2) is 0 Å². The van der Waals surface area contributed by atoms with Crippen LogP contribution < -0.4 is 5.73 Å². The highest BCUT2D eigenvalue weighted by Gasteiger charge is 2.24. The van der Waals surface area contributed by atoms with E-state index >= 15 is 0 Å². The fourth-order valence-electron chi connectivity index (χ4n) is 2.71. The lowest BCUT2D eigenvalue weighted by Crippen LogP contribution is -2.04. The van der Waals surface area contributed by atoms with Crippen molar-refractivity contribution in [1.29, 1.82) is 0 Å². The number of nitrogens with zero attached hydrogens (tertiary/aromatic N) is 4. The van der Waals surface area contributed by atoms with Gasteiger partial charge in [0, 0.05) is 0 Å². The van der Waals surface area contributed by atoms with Gasteiger partial charge in [0.15, 0.2) is 5.69 Å². The zero-order chi connectivity index (χ0) is 25.6. The average molecular weight is 533 g/mol. The van der Waals surface area contributed by atoms with Crippen molar-refractivity contribution in [1.82, 2.24) is 15.5 Å². The van der Waals surface area contributed by atoms with E-state index < -0.39 is 62.3 Å². The molecule has 34 heavy (non-hydrogen) atoms. The van der Waals surface area contributed by atoms with Crippen LogP contribution in [0.3, 0.4) is 0 Å². The Bertz CT molecular complexity index is 1640. The second-order valence-corrected chi connectivity index (χ2v) is 10.8. The van der Waals surface area contributed by atoms with Crippen LogP contribution in [0.15, 0.2) is 61.3 Å². The summed E-state index contributed by atoms with van der Waals surface area (Å²) in [6.45, 7) is 1.37. The van der Waals surface area contributed by atoms with E-state index in [9.17, 15) is 39.5 Å². The molecule has 5 N–H and O–H groups in total. The Labute approximate surface area is 192 Å². The molecule has 0 aliphatic carbocycles. The lowest BCUT2D eigenvalue weighted by atomic mass is 10.3. The van der Waals surface area contributed by atoms with Gasteiger partial charge in [0.2, 0.25) is 5.88 Å². The summed E-state index contributed by atoms with van der Waals surface area (Å²) in [5.74, 6) is -0.638. The molecule has 2 aromatic carbocycles. The second kappa shape index (κ2) is 8.42. The predicted octanol–water partition coefficient (Wildman–Crippen LogP) is 1.96. The lowest BCUT2D eigenvalue weighted by molar-refractivity contribution is 0.434. The first-order valence-electron chi connectivity index (χ1n) is 8.63. The van der Waals surface area contributed by atoms with Gasteiger partial charge in [-0.1, -0.05) is 0 Å². The fraction of sp³-hybridized carbons (Fsp3) is 0.0625. The number of azo groups is 1. The molecule has 0 atom stereocenters. The summed E-state index contributed by atoms with van der Waals surface area (Å²) >= 11 is 0. The van der Waals surface area contributed by atoms with E-state index in [1.165, 1.54) is 19.1 Å². The van der Waals surface area contributed by atoms with E-state index in [0.29, 0.717) is 12.1 Å². The first-order valence-corrected chi connectivity index (χ1v) is 12.9. The standard InChI is InChI=1S/C16H14N5O10S3/c1-8-15(16(22)21(20-8)9-2-4-10(5-3-9)32(23,24)25)19-18-12-7-13(33(26,27)28)11(17)6-14(12)34(29,30)31/h2-7,17,22H,1H3,(H,23,24,25)(H,26,27,28)(H,29,30,31)/b19-18+. The van der Waals surface area contributed by atoms with Gasteiger partial charge >= 0.3 is 0 Å². The molecule has 0 amide bonds. The molecule has 0 bridgehead atoms. The summed E-state index contributed by atoms with van der Waals surface area (Å²) in [6, 6.07) is 5.44. The molecule has 0 unspecified atom stereocenters. The maximum atomic E-state index is 11.6. The van der Waals surface area contributed by atoms with Crippen molar-refractivity contribution in [2.45, 2.75) is 21.6 Å². The summed E-state index contributed by atoms with van der Waals surface area (Å²) in [5.41, 5.74) is 5.73. The Kier molecular flexibility index (Phi) is 6.24. The SMILES string of the molecule is Cc1nn(-c2ccc(S(=O)(=O)O)cc2)c(O)c1/N=N/c1cc(S(=O)(=O)O)c([NH])cc1S(=O)(=O)O. The number of hydrogen-bond acceptors (Lipinski definition) is 10. The van der Waals surface area contributed by atoms with Crippen LogP contribution in [0.25, 0.3) is 5.69 Å². The molecule has 0 fully saturated rings. The minimum atomic E-state index is -5.00. The van der Waals surface area contributed by atoms with E-state index in [-0.39, 0.29) is 17.1 Å². The van der Waals surface area contributed by atoms with Crippen LogP contribution in [0.1, 0.15) is 5.69 Å². The van der Waals surface area contributed by atoms with Gasteiger partial charge in [-0.05, 0) is 43.3 Å². The normalized spacial score (nSPS) is 12.9. The first kappa shape index (κ1) is 25.2. The van der Waals surface area contributed by atoms with Gasteiger partial charge < -0.3 is 5.11 Å². The maximum Gasteiger partial charge on any atom is 0.296 e. The molecule has 0 aliphatic heterocycles. The monoisotopic (exact) mass is 532 g/mol. The van der Waals surface area contributed by atoms with Crippen LogP contribution in [-0.4, -0.2) is 53.8 Å². The van der Waals surface area contributed by atoms with Gasteiger partial charge in [0.25, 0.3) is 30.4 Å². The highest BCUT2D eigenvalue weighted by atomic mass is 32.2.